The average molecular weight is 268 g/mol. The number of rotatable bonds is 3. The number of ether oxygens (including phenoxy) is 2. The third kappa shape index (κ3) is 3.10. The molecule has 2 rings (SSSR count). The van der Waals surface area contributed by atoms with E-state index in [-0.39, 0.29) is 11.4 Å². The van der Waals surface area contributed by atoms with Gasteiger partial charge >= 0.3 is 0 Å². The van der Waals surface area contributed by atoms with Crippen LogP contribution in [0, 0.1) is 5.82 Å². The van der Waals surface area contributed by atoms with Crippen molar-refractivity contribution in [2.75, 3.05) is 36.9 Å². The fraction of sp³-hybridized carbons (Fsp3) is 0.571. The molecule has 1 aromatic carbocycles. The Morgan fingerprint density at radius 1 is 1.47 bits per heavy atom. The maximum absolute atomic E-state index is 13.7. The second kappa shape index (κ2) is 5.25. The molecule has 0 aliphatic carbocycles. The molecular weight excluding hydrogens is 247 g/mol. The number of nitrogens with two attached hydrogens (primary N) is 1. The highest BCUT2D eigenvalue weighted by Crippen LogP contribution is 2.33. The molecule has 5 heteroatoms. The van der Waals surface area contributed by atoms with E-state index in [4.69, 9.17) is 15.2 Å². The van der Waals surface area contributed by atoms with Gasteiger partial charge in [-0.3, -0.25) is 0 Å². The number of hydrogen-bond acceptors (Lipinski definition) is 4. The molecule has 0 aromatic heterocycles. The van der Waals surface area contributed by atoms with Crippen LogP contribution in [0.1, 0.15) is 20.8 Å². The van der Waals surface area contributed by atoms with Gasteiger partial charge in [0.15, 0.2) is 11.6 Å². The summed E-state index contributed by atoms with van der Waals surface area (Å²) in [7, 11) is 0. The maximum atomic E-state index is 13.7. The van der Waals surface area contributed by atoms with Crippen molar-refractivity contribution in [1.82, 2.24) is 0 Å². The Bertz CT molecular complexity index is 463. The molecule has 1 aliphatic heterocycles. The number of nitrogen functional groups attached to an aromatic ring is 1. The van der Waals surface area contributed by atoms with E-state index in [1.807, 2.05) is 20.8 Å². The summed E-state index contributed by atoms with van der Waals surface area (Å²) in [4.78, 5) is 2.11. The van der Waals surface area contributed by atoms with Crippen molar-refractivity contribution in [3.05, 3.63) is 17.9 Å². The summed E-state index contributed by atoms with van der Waals surface area (Å²) in [6, 6.07) is 3.00. The third-order valence-corrected chi connectivity index (χ3v) is 3.15. The topological polar surface area (TPSA) is 47.7 Å². The minimum atomic E-state index is -0.421. The first-order valence-corrected chi connectivity index (χ1v) is 6.53. The zero-order chi connectivity index (χ0) is 14.0. The Labute approximate surface area is 113 Å². The van der Waals surface area contributed by atoms with Crippen molar-refractivity contribution in [3.8, 4) is 5.75 Å². The first kappa shape index (κ1) is 13.9. The lowest BCUT2D eigenvalue weighted by Crippen LogP contribution is -2.48. The lowest BCUT2D eigenvalue weighted by molar-refractivity contribution is -0.0276. The van der Waals surface area contributed by atoms with Crippen molar-refractivity contribution < 1.29 is 13.9 Å². The van der Waals surface area contributed by atoms with Crippen molar-refractivity contribution in [2.24, 2.45) is 0 Å². The van der Waals surface area contributed by atoms with Gasteiger partial charge in [0.25, 0.3) is 0 Å². The van der Waals surface area contributed by atoms with Crippen LogP contribution in [0.5, 0.6) is 5.75 Å². The molecule has 19 heavy (non-hydrogen) atoms. The van der Waals surface area contributed by atoms with Crippen molar-refractivity contribution in [3.63, 3.8) is 0 Å². The van der Waals surface area contributed by atoms with Gasteiger partial charge in [0.05, 0.1) is 30.2 Å². The average Bonchev–Trinajstić information content (AvgIpc) is 2.31. The summed E-state index contributed by atoms with van der Waals surface area (Å²) in [5.41, 5.74) is 6.93. The fourth-order valence-electron chi connectivity index (χ4n) is 2.32. The first-order valence-electron chi connectivity index (χ1n) is 6.53. The Morgan fingerprint density at radius 2 is 2.21 bits per heavy atom. The molecule has 0 radical (unpaired) electrons. The minimum absolute atomic E-state index is 0.231. The predicted molar refractivity (Wildman–Crippen MR) is 74.2 cm³/mol. The molecule has 0 amide bonds. The summed E-state index contributed by atoms with van der Waals surface area (Å²) >= 11 is 0. The van der Waals surface area contributed by atoms with Crippen molar-refractivity contribution in [1.29, 1.82) is 0 Å². The van der Waals surface area contributed by atoms with Gasteiger partial charge in [-0.15, -0.1) is 0 Å². The highest BCUT2D eigenvalue weighted by molar-refractivity contribution is 5.70. The standard InChI is InChI=1S/C14H21FN2O2/c1-4-18-13-8-12(11(16)7-10(13)15)17-5-6-19-14(2,3)9-17/h7-8H,4-6,9,16H2,1-3H3. The van der Waals surface area contributed by atoms with E-state index in [2.05, 4.69) is 4.90 Å². The molecule has 0 saturated carbocycles. The summed E-state index contributed by atoms with van der Waals surface area (Å²) in [5, 5.41) is 0. The van der Waals surface area contributed by atoms with Crippen LogP contribution >= 0.6 is 0 Å². The number of benzene rings is 1. The molecule has 1 aliphatic rings. The number of hydrogen-bond donors (Lipinski definition) is 1. The van der Waals surface area contributed by atoms with Crippen LogP contribution in [0.3, 0.4) is 0 Å². The Balaban J connectivity index is 2.30. The van der Waals surface area contributed by atoms with E-state index in [0.717, 1.165) is 12.2 Å². The zero-order valence-electron chi connectivity index (χ0n) is 11.7. The summed E-state index contributed by atoms with van der Waals surface area (Å²) < 4.78 is 24.6. The Hall–Kier alpha value is -1.49. The number of anilines is 2. The largest absolute Gasteiger partial charge is 0.491 e. The van der Waals surface area contributed by atoms with Gasteiger partial charge in [-0.2, -0.15) is 0 Å². The van der Waals surface area contributed by atoms with Crippen LogP contribution in [0.25, 0.3) is 0 Å². The molecule has 0 bridgehead atoms. The van der Waals surface area contributed by atoms with E-state index < -0.39 is 5.82 Å². The summed E-state index contributed by atoms with van der Waals surface area (Å²) in [6.07, 6.45) is 0. The summed E-state index contributed by atoms with van der Waals surface area (Å²) in [5.74, 6) is -0.174. The lowest BCUT2D eigenvalue weighted by atomic mass is 10.1. The Morgan fingerprint density at radius 3 is 2.84 bits per heavy atom. The molecule has 1 heterocycles. The van der Waals surface area contributed by atoms with Gasteiger partial charge in [0.2, 0.25) is 0 Å². The van der Waals surface area contributed by atoms with E-state index in [0.29, 0.717) is 25.4 Å². The molecule has 106 valence electrons. The highest BCUT2D eigenvalue weighted by Gasteiger charge is 2.28. The lowest BCUT2D eigenvalue weighted by Gasteiger charge is -2.40. The third-order valence-electron chi connectivity index (χ3n) is 3.15. The summed E-state index contributed by atoms with van der Waals surface area (Å²) in [6.45, 7) is 8.40. The predicted octanol–water partition coefficient (Wildman–Crippen LogP) is 2.42. The molecule has 0 atom stereocenters. The molecular formula is C14H21FN2O2. The smallest absolute Gasteiger partial charge is 0.167 e. The molecule has 0 unspecified atom stereocenters. The SMILES string of the molecule is CCOc1cc(N2CCOC(C)(C)C2)c(N)cc1F. The normalized spacial score (nSPS) is 18.4. The van der Waals surface area contributed by atoms with Crippen LogP contribution in [0.2, 0.25) is 0 Å². The number of halogens is 1. The van der Waals surface area contributed by atoms with E-state index in [1.54, 1.807) is 6.07 Å². The van der Waals surface area contributed by atoms with Gasteiger partial charge in [0, 0.05) is 25.2 Å². The van der Waals surface area contributed by atoms with Crippen molar-refractivity contribution >= 4 is 11.4 Å². The molecule has 2 N–H and O–H groups in total. The molecule has 1 aromatic rings. The van der Waals surface area contributed by atoms with Gasteiger partial charge in [-0.1, -0.05) is 0 Å². The van der Waals surface area contributed by atoms with Crippen LogP contribution in [-0.2, 0) is 4.74 Å². The van der Waals surface area contributed by atoms with Crippen molar-refractivity contribution in [2.45, 2.75) is 26.4 Å². The van der Waals surface area contributed by atoms with Gasteiger partial charge in [0.1, 0.15) is 0 Å². The molecule has 1 fully saturated rings. The van der Waals surface area contributed by atoms with E-state index in [1.165, 1.54) is 6.07 Å². The Kier molecular flexibility index (Phi) is 3.85. The highest BCUT2D eigenvalue weighted by atomic mass is 19.1. The van der Waals surface area contributed by atoms with Gasteiger partial charge in [-0.05, 0) is 20.8 Å². The number of nitrogens with zero attached hydrogens (tertiary/aromatic N) is 1. The molecule has 1 saturated heterocycles. The van der Waals surface area contributed by atoms with Gasteiger partial charge < -0.3 is 20.1 Å². The molecule has 0 spiro atoms. The minimum Gasteiger partial charge on any atom is -0.491 e. The monoisotopic (exact) mass is 268 g/mol. The molecule has 4 nitrogen and oxygen atoms in total. The number of morpholine rings is 1. The fourth-order valence-corrected chi connectivity index (χ4v) is 2.32. The maximum Gasteiger partial charge on any atom is 0.167 e. The van der Waals surface area contributed by atoms with E-state index in [9.17, 15) is 4.39 Å². The second-order valence-corrected chi connectivity index (χ2v) is 5.30. The van der Waals surface area contributed by atoms with Crippen LogP contribution in [-0.4, -0.2) is 31.9 Å². The van der Waals surface area contributed by atoms with Gasteiger partial charge in [-0.25, -0.2) is 4.39 Å². The first-order chi connectivity index (χ1) is 8.93. The second-order valence-electron chi connectivity index (χ2n) is 5.30. The van der Waals surface area contributed by atoms with Crippen LogP contribution < -0.4 is 15.4 Å². The van der Waals surface area contributed by atoms with E-state index >= 15 is 0 Å². The quantitative estimate of drug-likeness (QED) is 0.855. The zero-order valence-corrected chi connectivity index (χ0v) is 11.7. The van der Waals surface area contributed by atoms with Crippen LogP contribution in [0.15, 0.2) is 12.1 Å². The van der Waals surface area contributed by atoms with Crippen LogP contribution in [0.4, 0.5) is 15.8 Å².